The third-order valence-electron chi connectivity index (χ3n) is 2.59. The predicted octanol–water partition coefficient (Wildman–Crippen LogP) is -0.0143. The lowest BCUT2D eigenvalue weighted by molar-refractivity contribution is -0.123. The van der Waals surface area contributed by atoms with Crippen LogP contribution in [0.2, 0.25) is 0 Å². The first-order chi connectivity index (χ1) is 11.2. The quantitative estimate of drug-likeness (QED) is 0.614. The maximum Gasteiger partial charge on any atom is 0.338 e. The summed E-state index contributed by atoms with van der Waals surface area (Å²) < 4.78 is 31.3. The van der Waals surface area contributed by atoms with E-state index < -0.39 is 34.5 Å². The van der Waals surface area contributed by atoms with E-state index in [1.807, 2.05) is 5.32 Å². The van der Waals surface area contributed by atoms with Gasteiger partial charge in [-0.3, -0.25) is 10.1 Å². The number of amides is 3. The Bertz CT molecular complexity index is 730. The van der Waals surface area contributed by atoms with Crippen molar-refractivity contribution in [1.82, 2.24) is 15.4 Å². The molecule has 9 nitrogen and oxygen atoms in total. The van der Waals surface area contributed by atoms with Crippen molar-refractivity contribution in [3.8, 4) is 0 Å². The normalized spacial score (nSPS) is 11.0. The topological polar surface area (TPSA) is 131 Å². The molecule has 0 atom stereocenters. The summed E-state index contributed by atoms with van der Waals surface area (Å²) >= 11 is 0. The summed E-state index contributed by atoms with van der Waals surface area (Å²) in [5, 5.41) is 4.09. The lowest BCUT2D eigenvalue weighted by atomic mass is 10.2. The van der Waals surface area contributed by atoms with Crippen LogP contribution < -0.4 is 15.4 Å². The van der Waals surface area contributed by atoms with E-state index in [4.69, 9.17) is 4.74 Å². The highest BCUT2D eigenvalue weighted by Crippen LogP contribution is 2.13. The van der Waals surface area contributed by atoms with Crippen LogP contribution in [-0.4, -0.2) is 46.0 Å². The number of hydrogen-bond acceptors (Lipinski definition) is 6. The van der Waals surface area contributed by atoms with Crippen LogP contribution in [0.25, 0.3) is 0 Å². The molecule has 0 radical (unpaired) electrons. The van der Waals surface area contributed by atoms with Crippen LogP contribution in [0, 0.1) is 0 Å². The number of benzene rings is 1. The van der Waals surface area contributed by atoms with E-state index in [0.717, 1.165) is 6.07 Å². The van der Waals surface area contributed by atoms with Crippen LogP contribution in [0.1, 0.15) is 24.2 Å². The number of rotatable bonds is 6. The van der Waals surface area contributed by atoms with E-state index in [0.29, 0.717) is 0 Å². The van der Waals surface area contributed by atoms with Crippen molar-refractivity contribution in [2.24, 2.45) is 0 Å². The molecule has 0 aliphatic carbocycles. The van der Waals surface area contributed by atoms with E-state index >= 15 is 0 Å². The molecule has 0 aliphatic rings. The molecule has 0 aromatic heterocycles. The summed E-state index contributed by atoms with van der Waals surface area (Å²) in [7, 11) is -2.43. The number of imide groups is 1. The fraction of sp³-hybridized carbons (Fsp3) is 0.357. The first-order valence-electron chi connectivity index (χ1n) is 6.97. The Balaban J connectivity index is 2.78. The Morgan fingerprint density at radius 1 is 1.21 bits per heavy atom. The number of hydrogen-bond donors (Lipinski definition) is 3. The summed E-state index contributed by atoms with van der Waals surface area (Å²) in [6, 6.07) is 4.18. The van der Waals surface area contributed by atoms with E-state index in [1.54, 1.807) is 13.8 Å². The smallest absolute Gasteiger partial charge is 0.338 e. The Kier molecular flexibility index (Phi) is 6.86. The minimum Gasteiger partial charge on any atom is -0.452 e. The van der Waals surface area contributed by atoms with Gasteiger partial charge in [-0.1, -0.05) is 6.07 Å². The van der Waals surface area contributed by atoms with Crippen molar-refractivity contribution >= 4 is 27.9 Å². The van der Waals surface area contributed by atoms with E-state index in [-0.39, 0.29) is 16.5 Å². The summed E-state index contributed by atoms with van der Waals surface area (Å²) in [5.74, 6) is -1.70. The van der Waals surface area contributed by atoms with Crippen molar-refractivity contribution in [2.75, 3.05) is 13.7 Å². The fourth-order valence-corrected chi connectivity index (χ4v) is 2.90. The Labute approximate surface area is 139 Å². The highest BCUT2D eigenvalue weighted by Gasteiger charge is 2.18. The van der Waals surface area contributed by atoms with Gasteiger partial charge in [0.1, 0.15) is 0 Å². The first kappa shape index (κ1) is 19.6. The van der Waals surface area contributed by atoms with Crippen molar-refractivity contribution in [2.45, 2.75) is 24.8 Å². The number of ether oxygens (including phenoxy) is 1. The molecule has 0 heterocycles. The van der Waals surface area contributed by atoms with Crippen LogP contribution in [0.15, 0.2) is 29.2 Å². The van der Waals surface area contributed by atoms with Crippen molar-refractivity contribution in [3.05, 3.63) is 29.8 Å². The third kappa shape index (κ3) is 5.97. The van der Waals surface area contributed by atoms with Crippen LogP contribution in [0.3, 0.4) is 0 Å². The zero-order valence-electron chi connectivity index (χ0n) is 13.5. The molecule has 132 valence electrons. The molecule has 24 heavy (non-hydrogen) atoms. The molecule has 3 amide bonds. The average molecular weight is 357 g/mol. The maximum absolute atomic E-state index is 12.1. The SMILES string of the molecule is CNC(=O)NC(=O)COC(=O)c1cccc(S(=O)(=O)NC(C)C)c1. The van der Waals surface area contributed by atoms with Crippen molar-refractivity contribution in [1.29, 1.82) is 0 Å². The van der Waals surface area contributed by atoms with E-state index in [9.17, 15) is 22.8 Å². The molecule has 0 aliphatic heterocycles. The summed E-state index contributed by atoms with van der Waals surface area (Å²) in [6.07, 6.45) is 0. The number of nitrogens with one attached hydrogen (secondary N) is 3. The molecule has 1 aromatic rings. The zero-order valence-corrected chi connectivity index (χ0v) is 14.3. The van der Waals surface area contributed by atoms with Gasteiger partial charge in [0.15, 0.2) is 6.61 Å². The van der Waals surface area contributed by atoms with Gasteiger partial charge in [0.25, 0.3) is 5.91 Å². The Morgan fingerprint density at radius 3 is 2.46 bits per heavy atom. The molecule has 0 saturated heterocycles. The highest BCUT2D eigenvalue weighted by atomic mass is 32.2. The predicted molar refractivity (Wildman–Crippen MR) is 84.8 cm³/mol. The standard InChI is InChI=1S/C14H19N3O6S/c1-9(2)17-24(21,22)11-6-4-5-10(7-11)13(19)23-8-12(18)16-14(20)15-3/h4-7,9,17H,8H2,1-3H3,(H2,15,16,18,20). The van der Waals surface area contributed by atoms with Gasteiger partial charge in [0.2, 0.25) is 10.0 Å². The molecule has 1 rings (SSSR count). The molecule has 0 unspecified atom stereocenters. The van der Waals surface area contributed by atoms with Crippen molar-refractivity contribution in [3.63, 3.8) is 0 Å². The van der Waals surface area contributed by atoms with Gasteiger partial charge in [-0.15, -0.1) is 0 Å². The zero-order chi connectivity index (χ0) is 18.3. The second kappa shape index (κ2) is 8.41. The molecule has 3 N–H and O–H groups in total. The Hall–Kier alpha value is -2.46. The minimum atomic E-state index is -3.76. The molecule has 0 spiro atoms. The van der Waals surface area contributed by atoms with Gasteiger partial charge >= 0.3 is 12.0 Å². The molecule has 0 saturated carbocycles. The summed E-state index contributed by atoms with van der Waals surface area (Å²) in [6.45, 7) is 2.66. The number of sulfonamides is 1. The minimum absolute atomic E-state index is 0.0330. The summed E-state index contributed by atoms with van der Waals surface area (Å²) in [4.78, 5) is 34.1. The van der Waals surface area contributed by atoms with Crippen LogP contribution >= 0.6 is 0 Å². The second-order valence-electron chi connectivity index (χ2n) is 5.01. The van der Waals surface area contributed by atoms with Gasteiger partial charge in [0, 0.05) is 13.1 Å². The lowest BCUT2D eigenvalue weighted by Gasteiger charge is -2.10. The molecule has 1 aromatic carbocycles. The number of esters is 1. The average Bonchev–Trinajstić information content (AvgIpc) is 2.51. The number of carbonyl (C=O) groups excluding carboxylic acids is 3. The highest BCUT2D eigenvalue weighted by molar-refractivity contribution is 7.89. The van der Waals surface area contributed by atoms with Crippen LogP contribution in [0.5, 0.6) is 0 Å². The molecular weight excluding hydrogens is 338 g/mol. The van der Waals surface area contributed by atoms with Gasteiger partial charge in [-0.25, -0.2) is 22.7 Å². The molecule has 0 bridgehead atoms. The fourth-order valence-electron chi connectivity index (χ4n) is 1.61. The Morgan fingerprint density at radius 2 is 1.88 bits per heavy atom. The summed E-state index contributed by atoms with van der Waals surface area (Å²) in [5.41, 5.74) is -0.0330. The lowest BCUT2D eigenvalue weighted by Crippen LogP contribution is -2.39. The number of urea groups is 1. The first-order valence-corrected chi connectivity index (χ1v) is 8.45. The third-order valence-corrected chi connectivity index (χ3v) is 4.24. The second-order valence-corrected chi connectivity index (χ2v) is 6.72. The van der Waals surface area contributed by atoms with Crippen LogP contribution in [-0.2, 0) is 19.6 Å². The van der Waals surface area contributed by atoms with Gasteiger partial charge < -0.3 is 10.1 Å². The molecule has 10 heteroatoms. The maximum atomic E-state index is 12.1. The largest absolute Gasteiger partial charge is 0.452 e. The van der Waals surface area contributed by atoms with Crippen molar-refractivity contribution < 1.29 is 27.5 Å². The van der Waals surface area contributed by atoms with E-state index in [2.05, 4.69) is 10.0 Å². The van der Waals surface area contributed by atoms with Crippen LogP contribution in [0.4, 0.5) is 4.79 Å². The van der Waals surface area contributed by atoms with Gasteiger partial charge in [-0.2, -0.15) is 0 Å². The monoisotopic (exact) mass is 357 g/mol. The molecular formula is C14H19N3O6S. The number of carbonyl (C=O) groups is 3. The van der Waals surface area contributed by atoms with Gasteiger partial charge in [-0.05, 0) is 32.0 Å². The van der Waals surface area contributed by atoms with E-state index in [1.165, 1.54) is 25.2 Å². The molecule has 0 fully saturated rings. The van der Waals surface area contributed by atoms with Gasteiger partial charge in [0.05, 0.1) is 10.5 Å².